The zero-order valence-electron chi connectivity index (χ0n) is 17.5. The average molecular weight is 466 g/mol. The third-order valence-electron chi connectivity index (χ3n) is 5.33. The number of amides is 1. The quantitative estimate of drug-likeness (QED) is 0.670. The van der Waals surface area contributed by atoms with E-state index in [9.17, 15) is 21.6 Å². The van der Waals surface area contributed by atoms with Crippen LogP contribution in [0.4, 0.5) is 0 Å². The highest BCUT2D eigenvalue weighted by molar-refractivity contribution is 7.89. The second-order valence-corrected chi connectivity index (χ2v) is 11.3. The van der Waals surface area contributed by atoms with Crippen LogP contribution in [0.25, 0.3) is 0 Å². The minimum Gasteiger partial charge on any atom is -0.352 e. The highest BCUT2D eigenvalue weighted by atomic mass is 32.2. The van der Waals surface area contributed by atoms with Crippen molar-refractivity contribution in [2.45, 2.75) is 42.1 Å². The normalized spacial score (nSPS) is 19.6. The van der Waals surface area contributed by atoms with Crippen LogP contribution in [0.15, 0.2) is 70.5 Å². The number of nitrogens with one attached hydrogen (secondary N) is 1. The third-order valence-corrected chi connectivity index (χ3v) is 9.13. The molecule has 31 heavy (non-hydrogen) atoms. The van der Waals surface area contributed by atoms with Gasteiger partial charge in [0.25, 0.3) is 0 Å². The van der Waals surface area contributed by atoms with E-state index in [2.05, 4.69) is 5.32 Å². The van der Waals surface area contributed by atoms with Crippen LogP contribution in [-0.2, 0) is 24.8 Å². The van der Waals surface area contributed by atoms with E-state index in [4.69, 9.17) is 0 Å². The Labute approximate surface area is 184 Å². The van der Waals surface area contributed by atoms with Crippen LogP contribution in [-0.4, -0.2) is 63.1 Å². The summed E-state index contributed by atoms with van der Waals surface area (Å²) in [6.07, 6.45) is 0.663. The van der Waals surface area contributed by atoms with Gasteiger partial charge in [-0.2, -0.15) is 8.61 Å². The molecule has 1 heterocycles. The fourth-order valence-electron chi connectivity index (χ4n) is 3.37. The molecule has 2 aromatic carbocycles. The molecule has 0 bridgehead atoms. The lowest BCUT2D eigenvalue weighted by Crippen LogP contribution is -2.61. The maximum Gasteiger partial charge on any atom is 0.243 e. The molecule has 1 aliphatic rings. The van der Waals surface area contributed by atoms with Gasteiger partial charge in [0.2, 0.25) is 26.0 Å². The molecule has 168 valence electrons. The van der Waals surface area contributed by atoms with Crippen LogP contribution in [0.5, 0.6) is 0 Å². The van der Waals surface area contributed by atoms with Crippen molar-refractivity contribution in [1.82, 2.24) is 13.9 Å². The van der Waals surface area contributed by atoms with E-state index >= 15 is 0 Å². The van der Waals surface area contributed by atoms with Crippen molar-refractivity contribution in [1.29, 1.82) is 0 Å². The fourth-order valence-corrected chi connectivity index (χ4v) is 6.42. The zero-order chi connectivity index (χ0) is 22.6. The van der Waals surface area contributed by atoms with E-state index in [1.165, 1.54) is 28.6 Å². The third kappa shape index (κ3) is 4.98. The van der Waals surface area contributed by atoms with Gasteiger partial charge in [-0.1, -0.05) is 43.3 Å². The second-order valence-electron chi connectivity index (χ2n) is 7.44. The van der Waals surface area contributed by atoms with Crippen LogP contribution >= 0.6 is 0 Å². The van der Waals surface area contributed by atoms with Gasteiger partial charge in [-0.05, 0) is 37.6 Å². The summed E-state index contributed by atoms with van der Waals surface area (Å²) in [7, 11) is -7.85. The number of benzene rings is 2. The number of carbonyl (C=O) groups excluding carboxylic acids is 1. The SMILES string of the molecule is CC[C@H](C)NC(=O)[C@@H]1CN(S(=O)(=O)c2ccccc2)CCN1S(=O)(=O)c1ccccc1. The van der Waals surface area contributed by atoms with Gasteiger partial charge in [0.1, 0.15) is 6.04 Å². The summed E-state index contributed by atoms with van der Waals surface area (Å²) in [4.78, 5) is 13.2. The highest BCUT2D eigenvalue weighted by Crippen LogP contribution is 2.25. The van der Waals surface area contributed by atoms with Gasteiger partial charge in [-0.15, -0.1) is 0 Å². The molecule has 0 aliphatic carbocycles. The van der Waals surface area contributed by atoms with Crippen molar-refractivity contribution in [3.63, 3.8) is 0 Å². The van der Waals surface area contributed by atoms with Gasteiger partial charge in [0.15, 0.2) is 0 Å². The van der Waals surface area contributed by atoms with E-state index in [0.717, 1.165) is 4.31 Å². The first-order valence-electron chi connectivity index (χ1n) is 10.1. The Balaban J connectivity index is 1.96. The van der Waals surface area contributed by atoms with Crippen molar-refractivity contribution in [3.8, 4) is 0 Å². The summed E-state index contributed by atoms with van der Waals surface area (Å²) in [5.74, 6) is -0.512. The topological polar surface area (TPSA) is 104 Å². The van der Waals surface area contributed by atoms with Crippen molar-refractivity contribution in [3.05, 3.63) is 60.7 Å². The van der Waals surface area contributed by atoms with E-state index in [1.54, 1.807) is 36.4 Å². The number of nitrogens with zero attached hydrogens (tertiary/aromatic N) is 2. The Bertz CT molecular complexity index is 1110. The summed E-state index contributed by atoms with van der Waals surface area (Å²) < 4.78 is 55.0. The molecule has 0 saturated carbocycles. The maximum absolute atomic E-state index is 13.3. The number of rotatable bonds is 7. The first kappa shape index (κ1) is 23.4. The number of sulfonamides is 2. The smallest absolute Gasteiger partial charge is 0.243 e. The molecule has 1 N–H and O–H groups in total. The highest BCUT2D eigenvalue weighted by Gasteiger charge is 2.43. The Morgan fingerprint density at radius 1 is 0.935 bits per heavy atom. The van der Waals surface area contributed by atoms with Crippen LogP contribution < -0.4 is 5.32 Å². The second kappa shape index (κ2) is 9.47. The van der Waals surface area contributed by atoms with E-state index < -0.39 is 32.0 Å². The Morgan fingerprint density at radius 2 is 1.45 bits per heavy atom. The van der Waals surface area contributed by atoms with Crippen molar-refractivity contribution >= 4 is 26.0 Å². The van der Waals surface area contributed by atoms with Gasteiger partial charge in [0, 0.05) is 25.7 Å². The molecule has 8 nitrogen and oxygen atoms in total. The zero-order valence-corrected chi connectivity index (χ0v) is 19.1. The molecule has 1 aliphatic heterocycles. The van der Waals surface area contributed by atoms with E-state index in [0.29, 0.717) is 6.42 Å². The summed E-state index contributed by atoms with van der Waals surface area (Å²) in [5.41, 5.74) is 0. The van der Waals surface area contributed by atoms with Crippen LogP contribution in [0.3, 0.4) is 0 Å². The molecule has 1 saturated heterocycles. The van der Waals surface area contributed by atoms with Gasteiger partial charge >= 0.3 is 0 Å². The molecule has 0 unspecified atom stereocenters. The summed E-state index contributed by atoms with van der Waals surface area (Å²) >= 11 is 0. The molecule has 1 fully saturated rings. The van der Waals surface area contributed by atoms with Gasteiger partial charge < -0.3 is 5.32 Å². The molecule has 0 aromatic heterocycles. The predicted octanol–water partition coefficient (Wildman–Crippen LogP) is 1.67. The van der Waals surface area contributed by atoms with Crippen LogP contribution in [0.2, 0.25) is 0 Å². The Kier molecular flexibility index (Phi) is 7.15. The van der Waals surface area contributed by atoms with Gasteiger partial charge in [0.05, 0.1) is 9.79 Å². The van der Waals surface area contributed by atoms with Crippen LogP contribution in [0.1, 0.15) is 20.3 Å². The minimum atomic E-state index is -3.98. The molecular formula is C21H27N3O5S2. The monoisotopic (exact) mass is 465 g/mol. The van der Waals surface area contributed by atoms with Crippen molar-refractivity contribution in [2.24, 2.45) is 0 Å². The number of piperazine rings is 1. The van der Waals surface area contributed by atoms with Crippen molar-refractivity contribution < 1.29 is 21.6 Å². The van der Waals surface area contributed by atoms with Gasteiger partial charge in [-0.25, -0.2) is 16.8 Å². The largest absolute Gasteiger partial charge is 0.352 e. The average Bonchev–Trinajstić information content (AvgIpc) is 2.79. The summed E-state index contributed by atoms with van der Waals surface area (Å²) in [6.45, 7) is 3.29. The first-order chi connectivity index (χ1) is 14.7. The molecule has 3 rings (SSSR count). The maximum atomic E-state index is 13.3. The van der Waals surface area contributed by atoms with E-state index in [1.807, 2.05) is 13.8 Å². The standard InChI is InChI=1S/C21H27N3O5S2/c1-3-17(2)22-21(25)20-16-23(30(26,27)18-10-6-4-7-11-18)14-15-24(20)31(28,29)19-12-8-5-9-13-19/h4-13,17,20H,3,14-16H2,1-2H3,(H,22,25)/t17-,20-/m0/s1. The van der Waals surface area contributed by atoms with Gasteiger partial charge in [-0.3, -0.25) is 4.79 Å². The summed E-state index contributed by atoms with van der Waals surface area (Å²) in [6, 6.07) is 14.4. The Hall–Kier alpha value is -2.27. The lowest BCUT2D eigenvalue weighted by atomic mass is 10.2. The lowest BCUT2D eigenvalue weighted by Gasteiger charge is -2.39. The number of carbonyl (C=O) groups is 1. The molecule has 10 heteroatoms. The predicted molar refractivity (Wildman–Crippen MR) is 117 cm³/mol. The van der Waals surface area contributed by atoms with Crippen molar-refractivity contribution in [2.75, 3.05) is 19.6 Å². The minimum absolute atomic E-state index is 0.0452. The molecular weight excluding hydrogens is 438 g/mol. The van der Waals surface area contributed by atoms with Crippen LogP contribution in [0, 0.1) is 0 Å². The molecule has 2 atom stereocenters. The number of hydrogen-bond acceptors (Lipinski definition) is 5. The molecule has 2 aromatic rings. The first-order valence-corrected chi connectivity index (χ1v) is 13.0. The lowest BCUT2D eigenvalue weighted by molar-refractivity contribution is -0.126. The fraction of sp³-hybridized carbons (Fsp3) is 0.381. The summed E-state index contributed by atoms with van der Waals surface area (Å²) in [5, 5.41) is 2.80. The van der Waals surface area contributed by atoms with E-state index in [-0.39, 0.29) is 35.5 Å². The molecule has 0 radical (unpaired) electrons. The number of hydrogen-bond donors (Lipinski definition) is 1. The Morgan fingerprint density at radius 3 is 1.97 bits per heavy atom. The molecule has 0 spiro atoms. The molecule has 1 amide bonds.